The molecule has 6 heteroatoms. The number of carbonyl (C=O) groups excluding carboxylic acids is 2. The zero-order valence-electron chi connectivity index (χ0n) is 14.2. The van der Waals surface area contributed by atoms with Crippen LogP contribution in [0.15, 0.2) is 29.6 Å². The quantitative estimate of drug-likeness (QED) is 0.797. The number of hydrogen-bond donors (Lipinski definition) is 1. The average molecular weight is 359 g/mol. The van der Waals surface area contributed by atoms with E-state index in [4.69, 9.17) is 9.47 Å². The summed E-state index contributed by atoms with van der Waals surface area (Å²) in [5.41, 5.74) is 2.36. The molecule has 1 aromatic carbocycles. The normalized spacial score (nSPS) is 13.0. The Morgan fingerprint density at radius 3 is 2.68 bits per heavy atom. The van der Waals surface area contributed by atoms with Crippen LogP contribution >= 0.6 is 11.3 Å². The van der Waals surface area contributed by atoms with Gasteiger partial charge in [0.25, 0.3) is 5.91 Å². The molecule has 0 saturated carbocycles. The zero-order valence-corrected chi connectivity index (χ0v) is 15.0. The molecule has 0 saturated heterocycles. The van der Waals surface area contributed by atoms with E-state index in [9.17, 15) is 9.59 Å². The van der Waals surface area contributed by atoms with Crippen molar-refractivity contribution < 1.29 is 19.1 Å². The molecule has 1 amide bonds. The van der Waals surface area contributed by atoms with E-state index in [0.29, 0.717) is 17.9 Å². The molecule has 1 aliphatic rings. The van der Waals surface area contributed by atoms with Gasteiger partial charge in [-0.3, -0.25) is 4.79 Å². The first-order valence-corrected chi connectivity index (χ1v) is 9.34. The van der Waals surface area contributed by atoms with Crippen LogP contribution in [0.3, 0.4) is 0 Å². The molecule has 132 valence electrons. The molecule has 0 atom stereocenters. The van der Waals surface area contributed by atoms with Crippen molar-refractivity contribution in [1.29, 1.82) is 0 Å². The Labute approximate surface area is 151 Å². The molecule has 25 heavy (non-hydrogen) atoms. The maximum atomic E-state index is 12.2. The minimum atomic E-state index is -0.416. The second-order valence-electron chi connectivity index (χ2n) is 5.84. The van der Waals surface area contributed by atoms with Crippen molar-refractivity contribution in [3.8, 4) is 5.75 Å². The van der Waals surface area contributed by atoms with Gasteiger partial charge in [0.15, 0.2) is 6.61 Å². The maximum absolute atomic E-state index is 12.2. The number of rotatable bonds is 6. The maximum Gasteiger partial charge on any atom is 0.339 e. The smallest absolute Gasteiger partial charge is 0.339 e. The number of fused-ring (bicyclic) bond motifs is 1. The summed E-state index contributed by atoms with van der Waals surface area (Å²) >= 11 is 1.61. The minimum Gasteiger partial charge on any atom is -0.494 e. The van der Waals surface area contributed by atoms with E-state index in [1.807, 2.05) is 12.3 Å². The predicted octanol–water partition coefficient (Wildman–Crippen LogP) is 3.82. The molecule has 3 rings (SSSR count). The van der Waals surface area contributed by atoms with Gasteiger partial charge in [-0.05, 0) is 62.4 Å². The molecule has 0 radical (unpaired) electrons. The summed E-state index contributed by atoms with van der Waals surface area (Å²) in [5.74, 6) is -0.0305. The van der Waals surface area contributed by atoms with Crippen LogP contribution in [0.2, 0.25) is 0 Å². The number of amides is 1. The lowest BCUT2D eigenvalue weighted by molar-refractivity contribution is -0.119. The van der Waals surface area contributed by atoms with Crippen molar-refractivity contribution in [2.45, 2.75) is 32.6 Å². The Hall–Kier alpha value is -2.34. The highest BCUT2D eigenvalue weighted by Crippen LogP contribution is 2.30. The van der Waals surface area contributed by atoms with Gasteiger partial charge in [-0.2, -0.15) is 0 Å². The third-order valence-corrected chi connectivity index (χ3v) is 5.15. The molecule has 5 nitrogen and oxygen atoms in total. The van der Waals surface area contributed by atoms with Crippen molar-refractivity contribution in [2.24, 2.45) is 0 Å². The van der Waals surface area contributed by atoms with Crippen molar-refractivity contribution in [1.82, 2.24) is 0 Å². The summed E-state index contributed by atoms with van der Waals surface area (Å²) in [6.07, 6.45) is 4.22. The molecule has 1 aromatic heterocycles. The second-order valence-corrected chi connectivity index (χ2v) is 6.80. The summed E-state index contributed by atoms with van der Waals surface area (Å²) in [6, 6.07) is 7.06. The largest absolute Gasteiger partial charge is 0.494 e. The standard InChI is InChI=1S/C19H21NO4S/c1-2-23-14-9-7-13(8-10-14)20-18(21)11-24-19(22)16-12-25-17-6-4-3-5-15(16)17/h7-10,12H,2-6,11H2,1H3,(H,20,21). The van der Waals surface area contributed by atoms with E-state index in [1.165, 1.54) is 11.3 Å². The van der Waals surface area contributed by atoms with E-state index >= 15 is 0 Å². The van der Waals surface area contributed by atoms with E-state index in [-0.39, 0.29) is 12.5 Å². The summed E-state index contributed by atoms with van der Waals surface area (Å²) in [5, 5.41) is 4.55. The van der Waals surface area contributed by atoms with Crippen LogP contribution in [0.4, 0.5) is 5.69 Å². The van der Waals surface area contributed by atoms with E-state index in [2.05, 4.69) is 5.32 Å². The van der Waals surface area contributed by atoms with Crippen molar-refractivity contribution in [3.63, 3.8) is 0 Å². The number of ether oxygens (including phenoxy) is 2. The number of nitrogens with one attached hydrogen (secondary N) is 1. The first-order chi connectivity index (χ1) is 12.2. The number of aryl methyl sites for hydroxylation is 1. The molecule has 1 aliphatic carbocycles. The van der Waals surface area contributed by atoms with Gasteiger partial charge < -0.3 is 14.8 Å². The predicted molar refractivity (Wildman–Crippen MR) is 97.5 cm³/mol. The fraction of sp³-hybridized carbons (Fsp3) is 0.368. The lowest BCUT2D eigenvalue weighted by Crippen LogP contribution is -2.21. The Morgan fingerprint density at radius 1 is 1.16 bits per heavy atom. The number of benzene rings is 1. The number of carbonyl (C=O) groups is 2. The molecule has 0 spiro atoms. The van der Waals surface area contributed by atoms with Gasteiger partial charge in [0.2, 0.25) is 0 Å². The second kappa shape index (κ2) is 8.16. The van der Waals surface area contributed by atoms with E-state index < -0.39 is 5.97 Å². The van der Waals surface area contributed by atoms with Crippen molar-refractivity contribution in [2.75, 3.05) is 18.5 Å². The highest BCUT2D eigenvalue weighted by molar-refractivity contribution is 7.10. The van der Waals surface area contributed by atoms with Crippen LogP contribution in [0.5, 0.6) is 5.75 Å². The van der Waals surface area contributed by atoms with Gasteiger partial charge in [-0.25, -0.2) is 4.79 Å². The van der Waals surface area contributed by atoms with Gasteiger partial charge in [0, 0.05) is 15.9 Å². The van der Waals surface area contributed by atoms with Crippen LogP contribution in [0.25, 0.3) is 0 Å². The van der Waals surface area contributed by atoms with Crippen LogP contribution < -0.4 is 10.1 Å². The van der Waals surface area contributed by atoms with Gasteiger partial charge >= 0.3 is 5.97 Å². The van der Waals surface area contributed by atoms with Gasteiger partial charge in [-0.15, -0.1) is 11.3 Å². The van der Waals surface area contributed by atoms with Crippen LogP contribution in [0, 0.1) is 0 Å². The molecule has 0 fully saturated rings. The highest BCUT2D eigenvalue weighted by atomic mass is 32.1. The molecular formula is C19H21NO4S. The first kappa shape index (κ1) is 17.5. The molecular weight excluding hydrogens is 338 g/mol. The van der Waals surface area contributed by atoms with Crippen LogP contribution in [-0.4, -0.2) is 25.1 Å². The topological polar surface area (TPSA) is 64.6 Å². The summed E-state index contributed by atoms with van der Waals surface area (Å²) in [4.78, 5) is 25.5. The fourth-order valence-corrected chi connectivity index (χ4v) is 3.99. The first-order valence-electron chi connectivity index (χ1n) is 8.46. The average Bonchev–Trinajstić information content (AvgIpc) is 3.06. The molecule has 1 heterocycles. The Balaban J connectivity index is 1.51. The molecule has 0 bridgehead atoms. The lowest BCUT2D eigenvalue weighted by Gasteiger charge is -2.12. The third-order valence-electron chi connectivity index (χ3n) is 4.06. The van der Waals surface area contributed by atoms with Crippen LogP contribution in [0.1, 0.15) is 40.6 Å². The number of anilines is 1. The summed E-state index contributed by atoms with van der Waals surface area (Å²) in [7, 11) is 0. The molecule has 2 aromatic rings. The minimum absolute atomic E-state index is 0.295. The van der Waals surface area contributed by atoms with Gasteiger partial charge in [0.1, 0.15) is 5.75 Å². The van der Waals surface area contributed by atoms with Crippen molar-refractivity contribution >= 4 is 28.9 Å². The monoisotopic (exact) mass is 359 g/mol. The Kier molecular flexibility index (Phi) is 5.71. The van der Waals surface area contributed by atoms with Crippen LogP contribution in [-0.2, 0) is 22.4 Å². The summed E-state index contributed by atoms with van der Waals surface area (Å²) < 4.78 is 10.5. The SMILES string of the molecule is CCOc1ccc(NC(=O)COC(=O)c2csc3c2CCCC3)cc1. The highest BCUT2D eigenvalue weighted by Gasteiger charge is 2.21. The summed E-state index contributed by atoms with van der Waals surface area (Å²) in [6.45, 7) is 2.21. The molecule has 0 unspecified atom stereocenters. The van der Waals surface area contributed by atoms with Gasteiger partial charge in [0.05, 0.1) is 12.2 Å². The van der Waals surface area contributed by atoms with E-state index in [0.717, 1.165) is 30.6 Å². The molecule has 1 N–H and O–H groups in total. The Morgan fingerprint density at radius 2 is 1.92 bits per heavy atom. The number of esters is 1. The number of thiophene rings is 1. The number of hydrogen-bond acceptors (Lipinski definition) is 5. The van der Waals surface area contributed by atoms with E-state index in [1.54, 1.807) is 35.6 Å². The third kappa shape index (κ3) is 4.39. The van der Waals surface area contributed by atoms with Crippen molar-refractivity contribution in [3.05, 3.63) is 45.6 Å². The lowest BCUT2D eigenvalue weighted by atomic mass is 9.96. The molecule has 0 aliphatic heterocycles. The Bertz CT molecular complexity index is 751. The van der Waals surface area contributed by atoms with Gasteiger partial charge in [-0.1, -0.05) is 0 Å². The zero-order chi connectivity index (χ0) is 17.6. The fourth-order valence-electron chi connectivity index (χ4n) is 2.87.